The van der Waals surface area contributed by atoms with Crippen LogP contribution in [0.4, 0.5) is 8.78 Å². The summed E-state index contributed by atoms with van der Waals surface area (Å²) in [7, 11) is 0. The maximum absolute atomic E-state index is 13.3. The van der Waals surface area contributed by atoms with E-state index < -0.39 is 11.6 Å². The van der Waals surface area contributed by atoms with Crippen molar-refractivity contribution < 1.29 is 18.3 Å². The van der Waals surface area contributed by atoms with Gasteiger partial charge in [0.05, 0.1) is 0 Å². The molecule has 0 N–H and O–H groups in total. The largest absolute Gasteiger partial charge is 0.488 e. The lowest BCUT2D eigenvalue weighted by molar-refractivity contribution is 0.302. The van der Waals surface area contributed by atoms with Crippen molar-refractivity contribution in [1.29, 1.82) is 0 Å². The van der Waals surface area contributed by atoms with Crippen molar-refractivity contribution in [2.45, 2.75) is 13.5 Å². The number of hydrogen-bond donors (Lipinski definition) is 0. The van der Waals surface area contributed by atoms with E-state index in [0.717, 1.165) is 29.3 Å². The van der Waals surface area contributed by atoms with Gasteiger partial charge in [0.1, 0.15) is 35.5 Å². The van der Waals surface area contributed by atoms with Crippen molar-refractivity contribution >= 4 is 11.6 Å². The molecule has 3 aromatic carbocycles. The minimum Gasteiger partial charge on any atom is -0.488 e. The molecule has 0 heterocycles. The van der Waals surface area contributed by atoms with Crippen molar-refractivity contribution in [2.75, 3.05) is 0 Å². The molecular weight excluding hydrogens is 346 g/mol. The molecule has 0 aliphatic heterocycles. The van der Waals surface area contributed by atoms with E-state index in [1.807, 2.05) is 25.1 Å². The molecule has 3 rings (SSSR count). The zero-order valence-corrected chi connectivity index (χ0v) is 14.2. The number of ether oxygens (including phenoxy) is 2. The Hall–Kier alpha value is -2.59. The van der Waals surface area contributed by atoms with Crippen molar-refractivity contribution in [3.05, 3.63) is 88.4 Å². The lowest BCUT2D eigenvalue weighted by Crippen LogP contribution is -1.97. The summed E-state index contributed by atoms with van der Waals surface area (Å²) in [6, 6.07) is 15.6. The highest BCUT2D eigenvalue weighted by Crippen LogP contribution is 2.29. The first-order valence-electron chi connectivity index (χ1n) is 7.61. The maximum Gasteiger partial charge on any atom is 0.133 e. The molecule has 0 aromatic heterocycles. The lowest BCUT2D eigenvalue weighted by atomic mass is 10.2. The first-order valence-corrected chi connectivity index (χ1v) is 7.99. The number of rotatable bonds is 5. The van der Waals surface area contributed by atoms with E-state index >= 15 is 0 Å². The fourth-order valence-corrected chi connectivity index (χ4v) is 2.39. The Bertz CT molecular complexity index is 859. The standard InChI is InChI=1S/C20H15ClF2O2/c1-13-2-7-18(25-19-9-16(22)8-17(23)10-19)11-20(13)24-12-14-3-5-15(21)6-4-14/h2-11H,12H2,1H3. The van der Waals surface area contributed by atoms with Crippen molar-refractivity contribution in [1.82, 2.24) is 0 Å². The van der Waals surface area contributed by atoms with Crippen LogP contribution in [0.2, 0.25) is 5.02 Å². The molecule has 0 aliphatic carbocycles. The minimum absolute atomic E-state index is 0.0880. The summed E-state index contributed by atoms with van der Waals surface area (Å²) in [5.74, 6) is -0.237. The molecule has 0 spiro atoms. The van der Waals surface area contributed by atoms with Crippen LogP contribution in [-0.4, -0.2) is 0 Å². The summed E-state index contributed by atoms with van der Waals surface area (Å²) in [6.45, 7) is 2.28. The minimum atomic E-state index is -0.693. The average Bonchev–Trinajstić information content (AvgIpc) is 2.56. The number of aryl methyl sites for hydroxylation is 1. The van der Waals surface area contributed by atoms with Gasteiger partial charge in [-0.3, -0.25) is 0 Å². The predicted octanol–water partition coefficient (Wildman–Crippen LogP) is 6.30. The lowest BCUT2D eigenvalue weighted by Gasteiger charge is -2.12. The van der Waals surface area contributed by atoms with Gasteiger partial charge in [-0.2, -0.15) is 0 Å². The van der Waals surface area contributed by atoms with Gasteiger partial charge in [0.25, 0.3) is 0 Å². The van der Waals surface area contributed by atoms with Gasteiger partial charge < -0.3 is 9.47 Å². The summed E-state index contributed by atoms with van der Waals surface area (Å²) in [5, 5.41) is 0.664. The van der Waals surface area contributed by atoms with Crippen LogP contribution in [0.5, 0.6) is 17.2 Å². The highest BCUT2D eigenvalue weighted by Gasteiger charge is 2.07. The second-order valence-electron chi connectivity index (χ2n) is 5.55. The molecule has 25 heavy (non-hydrogen) atoms. The van der Waals surface area contributed by atoms with Crippen LogP contribution in [-0.2, 0) is 6.61 Å². The normalized spacial score (nSPS) is 10.6. The SMILES string of the molecule is Cc1ccc(Oc2cc(F)cc(F)c2)cc1OCc1ccc(Cl)cc1. The van der Waals surface area contributed by atoms with Crippen molar-refractivity contribution in [2.24, 2.45) is 0 Å². The second kappa shape index (κ2) is 7.53. The van der Waals surface area contributed by atoms with Gasteiger partial charge >= 0.3 is 0 Å². The molecule has 0 amide bonds. The Morgan fingerprint density at radius 1 is 0.840 bits per heavy atom. The molecule has 0 fully saturated rings. The van der Waals surface area contributed by atoms with E-state index in [4.69, 9.17) is 21.1 Å². The Balaban J connectivity index is 1.74. The molecule has 128 valence electrons. The van der Waals surface area contributed by atoms with Crippen molar-refractivity contribution in [3.8, 4) is 17.2 Å². The predicted molar refractivity (Wildman–Crippen MR) is 93.4 cm³/mol. The topological polar surface area (TPSA) is 18.5 Å². The van der Waals surface area contributed by atoms with Crippen LogP contribution in [0.25, 0.3) is 0 Å². The zero-order chi connectivity index (χ0) is 17.8. The van der Waals surface area contributed by atoms with Crippen LogP contribution in [0.3, 0.4) is 0 Å². The molecule has 0 bridgehead atoms. The highest BCUT2D eigenvalue weighted by atomic mass is 35.5. The van der Waals surface area contributed by atoms with Gasteiger partial charge in [-0.05, 0) is 36.2 Å². The van der Waals surface area contributed by atoms with Crippen LogP contribution in [0.15, 0.2) is 60.7 Å². The van der Waals surface area contributed by atoms with Gasteiger partial charge in [-0.25, -0.2) is 8.78 Å². The van der Waals surface area contributed by atoms with Crippen LogP contribution in [0, 0.1) is 18.6 Å². The molecule has 0 radical (unpaired) electrons. The summed E-state index contributed by atoms with van der Waals surface area (Å²) in [4.78, 5) is 0. The van der Waals surface area contributed by atoms with Crippen LogP contribution in [0.1, 0.15) is 11.1 Å². The third-order valence-electron chi connectivity index (χ3n) is 3.54. The van der Waals surface area contributed by atoms with Crippen molar-refractivity contribution in [3.63, 3.8) is 0 Å². The number of halogens is 3. The van der Waals surface area contributed by atoms with Gasteiger partial charge in [-0.15, -0.1) is 0 Å². The average molecular weight is 361 g/mol. The molecule has 3 aromatic rings. The Labute approximate surface area is 149 Å². The molecule has 0 saturated heterocycles. The number of benzene rings is 3. The third-order valence-corrected chi connectivity index (χ3v) is 3.79. The van der Waals surface area contributed by atoms with Gasteiger partial charge in [0, 0.05) is 29.3 Å². The molecule has 0 saturated carbocycles. The molecule has 5 heteroatoms. The zero-order valence-electron chi connectivity index (χ0n) is 13.4. The third kappa shape index (κ3) is 4.70. The van der Waals surface area contributed by atoms with E-state index in [9.17, 15) is 8.78 Å². The Kier molecular flexibility index (Phi) is 5.19. The van der Waals surface area contributed by atoms with E-state index in [1.165, 1.54) is 0 Å². The first kappa shape index (κ1) is 17.2. The summed E-state index contributed by atoms with van der Waals surface area (Å²) in [6.07, 6.45) is 0. The van der Waals surface area contributed by atoms with Gasteiger partial charge in [0.15, 0.2) is 0 Å². The Morgan fingerprint density at radius 3 is 2.20 bits per heavy atom. The van der Waals surface area contributed by atoms with E-state index in [-0.39, 0.29) is 5.75 Å². The molecular formula is C20H15ClF2O2. The quantitative estimate of drug-likeness (QED) is 0.531. The molecule has 0 aliphatic rings. The van der Waals surface area contributed by atoms with Crippen LogP contribution >= 0.6 is 11.6 Å². The second-order valence-corrected chi connectivity index (χ2v) is 5.99. The van der Waals surface area contributed by atoms with Gasteiger partial charge in [-0.1, -0.05) is 29.8 Å². The molecule has 2 nitrogen and oxygen atoms in total. The van der Waals surface area contributed by atoms with E-state index in [0.29, 0.717) is 23.1 Å². The van der Waals surface area contributed by atoms with E-state index in [1.54, 1.807) is 24.3 Å². The number of hydrogen-bond acceptors (Lipinski definition) is 2. The summed E-state index contributed by atoms with van der Waals surface area (Å²) < 4.78 is 37.9. The molecule has 0 atom stereocenters. The van der Waals surface area contributed by atoms with E-state index in [2.05, 4.69) is 0 Å². The first-order chi connectivity index (χ1) is 12.0. The smallest absolute Gasteiger partial charge is 0.133 e. The fourth-order valence-electron chi connectivity index (χ4n) is 2.26. The summed E-state index contributed by atoms with van der Waals surface area (Å²) in [5.41, 5.74) is 1.90. The maximum atomic E-state index is 13.3. The molecule has 0 unspecified atom stereocenters. The highest BCUT2D eigenvalue weighted by molar-refractivity contribution is 6.30. The Morgan fingerprint density at radius 2 is 1.52 bits per heavy atom. The summed E-state index contributed by atoms with van der Waals surface area (Å²) >= 11 is 5.86. The fraction of sp³-hybridized carbons (Fsp3) is 0.100. The van der Waals surface area contributed by atoms with Gasteiger partial charge in [0.2, 0.25) is 0 Å². The van der Waals surface area contributed by atoms with Crippen LogP contribution < -0.4 is 9.47 Å². The monoisotopic (exact) mass is 360 g/mol.